The molecule has 3 N–H and O–H groups in total. The van der Waals surface area contributed by atoms with Crippen molar-refractivity contribution in [3.63, 3.8) is 0 Å². The van der Waals surface area contributed by atoms with Gasteiger partial charge in [0.1, 0.15) is 5.82 Å². The summed E-state index contributed by atoms with van der Waals surface area (Å²) in [6.07, 6.45) is 0. The summed E-state index contributed by atoms with van der Waals surface area (Å²) in [7, 11) is 0. The Balaban J connectivity index is 2.69. The average Bonchev–Trinajstić information content (AvgIpc) is 2.28. The molecule has 1 rings (SSSR count). The monoisotopic (exact) mass is 227 g/mol. The Morgan fingerprint density at radius 2 is 2.31 bits per heavy atom. The Morgan fingerprint density at radius 3 is 2.94 bits per heavy atom. The van der Waals surface area contributed by atoms with Gasteiger partial charge in [0.25, 0.3) is 0 Å². The zero-order valence-corrected chi connectivity index (χ0v) is 8.94. The molecule has 1 atom stereocenters. The number of hydrogen-bond donors (Lipinski definition) is 2. The summed E-state index contributed by atoms with van der Waals surface area (Å²) in [5, 5.41) is 8.74. The van der Waals surface area contributed by atoms with Crippen molar-refractivity contribution in [1.82, 2.24) is 0 Å². The Labute approximate surface area is 92.8 Å². The highest BCUT2D eigenvalue weighted by Gasteiger charge is 2.13. The predicted octanol–water partition coefficient (Wildman–Crippen LogP) is 1.19. The van der Waals surface area contributed by atoms with Gasteiger partial charge in [-0.25, -0.2) is 9.18 Å². The maximum absolute atomic E-state index is 12.9. The van der Waals surface area contributed by atoms with Crippen molar-refractivity contribution in [1.29, 1.82) is 0 Å². The van der Waals surface area contributed by atoms with Gasteiger partial charge in [-0.2, -0.15) is 0 Å². The van der Waals surface area contributed by atoms with Gasteiger partial charge in [0.05, 0.1) is 12.2 Å². The fraction of sp³-hybridized carbons (Fsp3) is 0.364. The van der Waals surface area contributed by atoms with Gasteiger partial charge in [-0.1, -0.05) is 6.92 Å². The molecule has 0 aliphatic carbocycles. The van der Waals surface area contributed by atoms with E-state index in [1.807, 2.05) is 0 Å². The second-order valence-electron chi connectivity index (χ2n) is 3.62. The summed E-state index contributed by atoms with van der Waals surface area (Å²) in [6, 6.07) is 3.51. The third-order valence-corrected chi connectivity index (χ3v) is 2.05. The molecular formula is C11H14FNO3. The van der Waals surface area contributed by atoms with Gasteiger partial charge in [0.2, 0.25) is 0 Å². The van der Waals surface area contributed by atoms with Crippen LogP contribution in [0.5, 0.6) is 0 Å². The number of halogens is 1. The number of rotatable bonds is 4. The molecule has 16 heavy (non-hydrogen) atoms. The molecule has 0 heterocycles. The maximum atomic E-state index is 12.9. The number of ether oxygens (including phenoxy) is 1. The topological polar surface area (TPSA) is 72.5 Å². The lowest BCUT2D eigenvalue weighted by Crippen LogP contribution is -2.15. The molecule has 0 aliphatic heterocycles. The van der Waals surface area contributed by atoms with E-state index in [4.69, 9.17) is 15.6 Å². The molecule has 0 fully saturated rings. The van der Waals surface area contributed by atoms with E-state index >= 15 is 0 Å². The number of aliphatic hydroxyl groups is 1. The second-order valence-corrected chi connectivity index (χ2v) is 3.62. The summed E-state index contributed by atoms with van der Waals surface area (Å²) in [4.78, 5) is 11.5. The van der Waals surface area contributed by atoms with E-state index in [2.05, 4.69) is 0 Å². The Hall–Kier alpha value is -1.62. The molecule has 4 nitrogen and oxygen atoms in total. The van der Waals surface area contributed by atoms with Crippen molar-refractivity contribution < 1.29 is 19.0 Å². The minimum atomic E-state index is -0.683. The number of carbonyl (C=O) groups is 1. The number of benzene rings is 1. The number of hydrogen-bond acceptors (Lipinski definition) is 4. The first-order valence-electron chi connectivity index (χ1n) is 4.87. The maximum Gasteiger partial charge on any atom is 0.340 e. The normalized spacial score (nSPS) is 12.2. The van der Waals surface area contributed by atoms with Gasteiger partial charge in [-0.3, -0.25) is 0 Å². The van der Waals surface area contributed by atoms with Gasteiger partial charge < -0.3 is 15.6 Å². The zero-order chi connectivity index (χ0) is 12.1. The molecule has 0 spiro atoms. The van der Waals surface area contributed by atoms with Crippen molar-refractivity contribution >= 4 is 11.7 Å². The third-order valence-electron chi connectivity index (χ3n) is 2.05. The molecule has 1 aromatic rings. The number of carbonyl (C=O) groups excluding carboxylic acids is 1. The molecule has 0 aromatic heterocycles. The first-order chi connectivity index (χ1) is 7.54. The summed E-state index contributed by atoms with van der Waals surface area (Å²) in [6.45, 7) is 1.72. The van der Waals surface area contributed by atoms with Crippen LogP contribution in [0.1, 0.15) is 17.3 Å². The zero-order valence-electron chi connectivity index (χ0n) is 8.94. The molecule has 0 saturated heterocycles. The van der Waals surface area contributed by atoms with Crippen LogP contribution in [0.25, 0.3) is 0 Å². The highest BCUT2D eigenvalue weighted by atomic mass is 19.1. The van der Waals surface area contributed by atoms with Crippen LogP contribution in [0.4, 0.5) is 10.1 Å². The van der Waals surface area contributed by atoms with Crippen LogP contribution in [0, 0.1) is 11.7 Å². The van der Waals surface area contributed by atoms with Crippen LogP contribution < -0.4 is 5.73 Å². The third kappa shape index (κ3) is 3.20. The number of esters is 1. The lowest BCUT2D eigenvalue weighted by Gasteiger charge is -2.10. The molecule has 1 aromatic carbocycles. The van der Waals surface area contributed by atoms with Gasteiger partial charge in [-0.05, 0) is 18.2 Å². The molecule has 0 bridgehead atoms. The van der Waals surface area contributed by atoms with Crippen molar-refractivity contribution in [2.24, 2.45) is 5.92 Å². The van der Waals surface area contributed by atoms with Crippen LogP contribution in [0.3, 0.4) is 0 Å². The minimum Gasteiger partial charge on any atom is -0.462 e. The number of nitrogen functional groups attached to an aromatic ring is 1. The lowest BCUT2D eigenvalue weighted by atomic mass is 10.2. The van der Waals surface area contributed by atoms with Crippen LogP contribution in [0.15, 0.2) is 18.2 Å². The van der Waals surface area contributed by atoms with Gasteiger partial charge in [0, 0.05) is 18.2 Å². The van der Waals surface area contributed by atoms with E-state index in [-0.39, 0.29) is 30.4 Å². The minimum absolute atomic E-state index is 0.00476. The van der Waals surface area contributed by atoms with E-state index in [0.717, 1.165) is 6.07 Å². The molecule has 88 valence electrons. The van der Waals surface area contributed by atoms with Gasteiger partial charge in [-0.15, -0.1) is 0 Å². The molecule has 5 heteroatoms. The molecule has 0 saturated carbocycles. The number of aliphatic hydroxyl groups excluding tert-OH is 1. The van der Waals surface area contributed by atoms with Crippen LogP contribution >= 0.6 is 0 Å². The first kappa shape index (κ1) is 12.4. The highest BCUT2D eigenvalue weighted by Crippen LogP contribution is 2.14. The molecule has 1 unspecified atom stereocenters. The summed E-state index contributed by atoms with van der Waals surface area (Å²) in [5.74, 6) is -1.38. The lowest BCUT2D eigenvalue weighted by molar-refractivity contribution is 0.0406. The second kappa shape index (κ2) is 5.46. The smallest absolute Gasteiger partial charge is 0.340 e. The molecule has 0 aliphatic rings. The van der Waals surface area contributed by atoms with Gasteiger partial charge >= 0.3 is 5.97 Å². The fourth-order valence-corrected chi connectivity index (χ4v) is 1.05. The molecule has 0 amide bonds. The van der Waals surface area contributed by atoms with Crippen LogP contribution in [-0.2, 0) is 4.74 Å². The Morgan fingerprint density at radius 1 is 1.62 bits per heavy atom. The quantitative estimate of drug-likeness (QED) is 0.598. The van der Waals surface area contributed by atoms with Crippen molar-refractivity contribution in [2.75, 3.05) is 18.9 Å². The number of anilines is 1. The van der Waals surface area contributed by atoms with E-state index in [9.17, 15) is 9.18 Å². The summed E-state index contributed by atoms with van der Waals surface area (Å²) < 4.78 is 17.7. The molecule has 0 radical (unpaired) electrons. The average molecular weight is 227 g/mol. The van der Waals surface area contributed by atoms with E-state index < -0.39 is 11.8 Å². The van der Waals surface area contributed by atoms with Gasteiger partial charge in [0.15, 0.2) is 0 Å². The highest BCUT2D eigenvalue weighted by molar-refractivity contribution is 5.95. The van der Waals surface area contributed by atoms with Crippen molar-refractivity contribution in [3.05, 3.63) is 29.6 Å². The summed E-state index contributed by atoms with van der Waals surface area (Å²) in [5.41, 5.74) is 5.69. The first-order valence-corrected chi connectivity index (χ1v) is 4.87. The SMILES string of the molecule is CC(CO)COC(=O)c1cc(F)ccc1N. The Bertz CT molecular complexity index is 381. The fourth-order valence-electron chi connectivity index (χ4n) is 1.05. The van der Waals surface area contributed by atoms with Crippen molar-refractivity contribution in [3.8, 4) is 0 Å². The van der Waals surface area contributed by atoms with E-state index in [1.165, 1.54) is 12.1 Å². The summed E-state index contributed by atoms with van der Waals surface area (Å²) >= 11 is 0. The van der Waals surface area contributed by atoms with E-state index in [1.54, 1.807) is 6.92 Å². The van der Waals surface area contributed by atoms with Crippen LogP contribution in [0.2, 0.25) is 0 Å². The predicted molar refractivity (Wildman–Crippen MR) is 57.3 cm³/mol. The largest absolute Gasteiger partial charge is 0.462 e. The number of nitrogens with two attached hydrogens (primary N) is 1. The van der Waals surface area contributed by atoms with Crippen molar-refractivity contribution in [2.45, 2.75) is 6.92 Å². The van der Waals surface area contributed by atoms with Crippen LogP contribution in [-0.4, -0.2) is 24.3 Å². The Kier molecular flexibility index (Phi) is 4.25. The standard InChI is InChI=1S/C11H14FNO3/c1-7(5-14)6-16-11(15)9-4-8(12)2-3-10(9)13/h2-4,7,14H,5-6,13H2,1H3. The molecular weight excluding hydrogens is 213 g/mol. The van der Waals surface area contributed by atoms with E-state index in [0.29, 0.717) is 0 Å².